The molecule has 1 aliphatic carbocycles. The van der Waals surface area contributed by atoms with Gasteiger partial charge < -0.3 is 5.73 Å². The highest BCUT2D eigenvalue weighted by atomic mass is 35.5. The third kappa shape index (κ3) is 3.23. The van der Waals surface area contributed by atoms with Crippen molar-refractivity contribution < 1.29 is 8.42 Å². The lowest BCUT2D eigenvalue weighted by Gasteiger charge is -2.21. The lowest BCUT2D eigenvalue weighted by atomic mass is 10.2. The Bertz CT molecular complexity index is 754. The van der Waals surface area contributed by atoms with Crippen molar-refractivity contribution in [3.8, 4) is 0 Å². The number of thiophene rings is 1. The molecule has 0 amide bonds. The molecule has 0 aliphatic heterocycles. The van der Waals surface area contributed by atoms with Crippen LogP contribution in [0.2, 0.25) is 4.34 Å². The van der Waals surface area contributed by atoms with Crippen molar-refractivity contribution in [3.63, 3.8) is 0 Å². The molecule has 0 saturated heterocycles. The molecule has 4 nitrogen and oxygen atoms in total. The van der Waals surface area contributed by atoms with Crippen molar-refractivity contribution in [2.75, 3.05) is 5.73 Å². The van der Waals surface area contributed by atoms with Gasteiger partial charge in [0, 0.05) is 18.3 Å². The van der Waals surface area contributed by atoms with Crippen LogP contribution in [0.4, 0.5) is 5.69 Å². The molecule has 0 atom stereocenters. The van der Waals surface area contributed by atoms with Crippen LogP contribution in [0.15, 0.2) is 40.6 Å². The van der Waals surface area contributed by atoms with Crippen molar-refractivity contribution >= 4 is 38.6 Å². The van der Waals surface area contributed by atoms with E-state index in [-0.39, 0.29) is 6.04 Å². The van der Waals surface area contributed by atoms with Gasteiger partial charge in [0.15, 0.2) is 0 Å². The Morgan fingerprint density at radius 1 is 1.29 bits per heavy atom. The smallest absolute Gasteiger partial charge is 0.253 e. The van der Waals surface area contributed by atoms with Crippen molar-refractivity contribution in [3.05, 3.63) is 46.3 Å². The maximum atomic E-state index is 12.8. The first-order chi connectivity index (χ1) is 9.96. The van der Waals surface area contributed by atoms with Gasteiger partial charge >= 0.3 is 0 Å². The molecule has 7 heteroatoms. The lowest BCUT2D eigenvalue weighted by Crippen LogP contribution is -2.32. The summed E-state index contributed by atoms with van der Waals surface area (Å²) in [5.74, 6) is 0. The van der Waals surface area contributed by atoms with Crippen LogP contribution < -0.4 is 5.73 Å². The molecule has 2 aromatic rings. The number of nitrogens with two attached hydrogens (primary N) is 1. The number of hydrogen-bond acceptors (Lipinski definition) is 4. The van der Waals surface area contributed by atoms with Gasteiger partial charge in [-0.05, 0) is 42.7 Å². The van der Waals surface area contributed by atoms with E-state index < -0.39 is 10.0 Å². The number of anilines is 1. The molecule has 1 aliphatic rings. The topological polar surface area (TPSA) is 63.4 Å². The summed E-state index contributed by atoms with van der Waals surface area (Å²) in [5.41, 5.74) is 7.30. The molecule has 2 N–H and O–H groups in total. The van der Waals surface area contributed by atoms with Crippen molar-refractivity contribution in [1.29, 1.82) is 0 Å². The van der Waals surface area contributed by atoms with Gasteiger partial charge in [0.05, 0.1) is 4.34 Å². The Kier molecular flexibility index (Phi) is 3.96. The van der Waals surface area contributed by atoms with Gasteiger partial charge in [-0.25, -0.2) is 8.42 Å². The normalized spacial score (nSPS) is 15.5. The number of sulfonamides is 1. The van der Waals surface area contributed by atoms with Gasteiger partial charge in [-0.3, -0.25) is 0 Å². The third-order valence-corrected chi connectivity index (χ3v) is 6.95. The Labute approximate surface area is 133 Å². The van der Waals surface area contributed by atoms with E-state index in [1.54, 1.807) is 22.5 Å². The van der Waals surface area contributed by atoms with Crippen molar-refractivity contribution in [2.45, 2.75) is 29.6 Å². The maximum absolute atomic E-state index is 12.8. The number of hydrogen-bond donors (Lipinski definition) is 1. The lowest BCUT2D eigenvalue weighted by molar-refractivity contribution is 0.400. The SMILES string of the molecule is Nc1cccc(CN(C2CC2)S(=O)(=O)c2ccc(Cl)s2)c1. The van der Waals surface area contributed by atoms with Gasteiger partial charge in [-0.2, -0.15) is 4.31 Å². The highest BCUT2D eigenvalue weighted by Crippen LogP contribution is 2.36. The Hall–Kier alpha value is -1.08. The molecule has 112 valence electrons. The molecule has 21 heavy (non-hydrogen) atoms. The fourth-order valence-electron chi connectivity index (χ4n) is 2.20. The number of benzene rings is 1. The fraction of sp³-hybridized carbons (Fsp3) is 0.286. The van der Waals surface area contributed by atoms with E-state index in [2.05, 4.69) is 0 Å². The maximum Gasteiger partial charge on any atom is 0.253 e. The van der Waals surface area contributed by atoms with E-state index in [9.17, 15) is 8.42 Å². The second-order valence-electron chi connectivity index (χ2n) is 5.09. The van der Waals surface area contributed by atoms with Crippen LogP contribution in [0.3, 0.4) is 0 Å². The largest absolute Gasteiger partial charge is 0.399 e. The number of halogens is 1. The van der Waals surface area contributed by atoms with Gasteiger partial charge in [0.25, 0.3) is 10.0 Å². The summed E-state index contributed by atoms with van der Waals surface area (Å²) in [6.45, 7) is 0.341. The average molecular weight is 343 g/mol. The molecule has 3 rings (SSSR count). The Balaban J connectivity index is 1.91. The van der Waals surface area contributed by atoms with Crippen LogP contribution >= 0.6 is 22.9 Å². The van der Waals surface area contributed by atoms with Crippen LogP contribution in [0.5, 0.6) is 0 Å². The summed E-state index contributed by atoms with van der Waals surface area (Å²) >= 11 is 6.96. The van der Waals surface area contributed by atoms with E-state index >= 15 is 0 Å². The first-order valence-electron chi connectivity index (χ1n) is 6.58. The quantitative estimate of drug-likeness (QED) is 0.847. The van der Waals surface area contributed by atoms with Crippen molar-refractivity contribution in [1.82, 2.24) is 4.31 Å². The Morgan fingerprint density at radius 3 is 2.62 bits per heavy atom. The second kappa shape index (κ2) is 5.61. The monoisotopic (exact) mass is 342 g/mol. The minimum absolute atomic E-state index is 0.0808. The molecule has 0 radical (unpaired) electrons. The minimum atomic E-state index is -3.50. The number of nitrogens with zero attached hydrogens (tertiary/aromatic N) is 1. The molecular formula is C14H15ClN2O2S2. The third-order valence-electron chi connectivity index (χ3n) is 3.36. The first kappa shape index (κ1) is 14.8. The summed E-state index contributed by atoms with van der Waals surface area (Å²) in [7, 11) is -3.50. The highest BCUT2D eigenvalue weighted by molar-refractivity contribution is 7.91. The molecule has 0 unspecified atom stereocenters. The molecular weight excluding hydrogens is 328 g/mol. The molecule has 0 bridgehead atoms. The number of rotatable bonds is 5. The van der Waals surface area contributed by atoms with Crippen LogP contribution in [0.25, 0.3) is 0 Å². The van der Waals surface area contributed by atoms with Gasteiger partial charge in [0.2, 0.25) is 0 Å². The Morgan fingerprint density at radius 2 is 2.05 bits per heavy atom. The molecule has 1 fully saturated rings. The van der Waals surface area contributed by atoms with Crippen LogP contribution in [-0.2, 0) is 16.6 Å². The van der Waals surface area contributed by atoms with Gasteiger partial charge in [0.1, 0.15) is 4.21 Å². The van der Waals surface area contributed by atoms with E-state index in [0.717, 1.165) is 29.7 Å². The van der Waals surface area contributed by atoms with E-state index in [1.165, 1.54) is 0 Å². The fourth-order valence-corrected chi connectivity index (χ4v) is 5.48. The van der Waals surface area contributed by atoms with E-state index in [4.69, 9.17) is 17.3 Å². The minimum Gasteiger partial charge on any atom is -0.399 e. The first-order valence-corrected chi connectivity index (χ1v) is 9.22. The van der Waals surface area contributed by atoms with E-state index in [1.807, 2.05) is 18.2 Å². The summed E-state index contributed by atoms with van der Waals surface area (Å²) in [6.07, 6.45) is 1.81. The van der Waals surface area contributed by atoms with Gasteiger partial charge in [-0.1, -0.05) is 23.7 Å². The van der Waals surface area contributed by atoms with Gasteiger partial charge in [-0.15, -0.1) is 11.3 Å². The van der Waals surface area contributed by atoms with Crippen LogP contribution in [0, 0.1) is 0 Å². The molecule has 0 spiro atoms. The average Bonchev–Trinajstić information content (AvgIpc) is 3.16. The van der Waals surface area contributed by atoms with Crippen LogP contribution in [-0.4, -0.2) is 18.8 Å². The predicted molar refractivity (Wildman–Crippen MR) is 85.9 cm³/mol. The summed E-state index contributed by atoms with van der Waals surface area (Å²) < 4.78 is 27.9. The summed E-state index contributed by atoms with van der Waals surface area (Å²) in [6, 6.07) is 10.6. The number of nitrogen functional groups attached to an aromatic ring is 1. The molecule has 1 heterocycles. The predicted octanol–water partition coefficient (Wildman–Crippen LogP) is 3.34. The zero-order chi connectivity index (χ0) is 15.0. The summed E-state index contributed by atoms with van der Waals surface area (Å²) in [5, 5.41) is 0. The van der Waals surface area contributed by atoms with Crippen LogP contribution in [0.1, 0.15) is 18.4 Å². The van der Waals surface area contributed by atoms with E-state index in [0.29, 0.717) is 20.8 Å². The molecule has 1 aromatic heterocycles. The molecule has 1 aromatic carbocycles. The second-order valence-corrected chi connectivity index (χ2v) is 8.92. The standard InChI is InChI=1S/C14H15ClN2O2S2/c15-13-6-7-14(20-13)21(18,19)17(12-4-5-12)9-10-2-1-3-11(16)8-10/h1-3,6-8,12H,4-5,9,16H2. The highest BCUT2D eigenvalue weighted by Gasteiger charge is 2.38. The van der Waals surface area contributed by atoms with Crippen molar-refractivity contribution in [2.24, 2.45) is 0 Å². The zero-order valence-corrected chi connectivity index (χ0v) is 13.6. The molecule has 1 saturated carbocycles. The zero-order valence-electron chi connectivity index (χ0n) is 11.2. The summed E-state index contributed by atoms with van der Waals surface area (Å²) in [4.78, 5) is 0.